The van der Waals surface area contributed by atoms with Crippen LogP contribution in [0.25, 0.3) is 11.3 Å². The van der Waals surface area contributed by atoms with Crippen LogP contribution in [-0.4, -0.2) is 63.8 Å². The Balaban J connectivity index is 1.58. The lowest BCUT2D eigenvalue weighted by Gasteiger charge is -2.27. The summed E-state index contributed by atoms with van der Waals surface area (Å²) in [7, 11) is 1.72. The summed E-state index contributed by atoms with van der Waals surface area (Å²) in [5, 5.41) is 16.8. The number of likely N-dealkylation sites (tertiary alicyclic amines) is 1. The van der Waals surface area contributed by atoms with E-state index >= 15 is 0 Å². The molecule has 0 unspecified atom stereocenters. The van der Waals surface area contributed by atoms with Crippen molar-refractivity contribution in [2.24, 2.45) is 0 Å². The largest absolute Gasteiger partial charge is 0.496 e. The van der Waals surface area contributed by atoms with Gasteiger partial charge < -0.3 is 20.5 Å². The van der Waals surface area contributed by atoms with Crippen molar-refractivity contribution in [3.63, 3.8) is 0 Å². The second kappa shape index (κ2) is 11.6. The molecule has 0 bridgehead atoms. The van der Waals surface area contributed by atoms with E-state index in [1.165, 1.54) is 12.8 Å². The lowest BCUT2D eigenvalue weighted by Crippen LogP contribution is -2.29. The van der Waals surface area contributed by atoms with Gasteiger partial charge in [-0.15, -0.1) is 0 Å². The number of aliphatic hydroxyl groups is 1. The zero-order chi connectivity index (χ0) is 23.0. The van der Waals surface area contributed by atoms with Gasteiger partial charge in [-0.2, -0.15) is 4.98 Å². The topological polar surface area (TPSA) is 95.4 Å². The Morgan fingerprint density at radius 2 is 1.91 bits per heavy atom. The second-order valence-electron chi connectivity index (χ2n) is 9.25. The maximum absolute atomic E-state index is 9.89. The second-order valence-corrected chi connectivity index (χ2v) is 9.25. The van der Waals surface area contributed by atoms with Crippen LogP contribution in [0.5, 0.6) is 5.75 Å². The number of ether oxygens (including phenoxy) is 1. The van der Waals surface area contributed by atoms with Gasteiger partial charge in [0.15, 0.2) is 0 Å². The van der Waals surface area contributed by atoms with Gasteiger partial charge in [0.25, 0.3) is 0 Å². The molecule has 1 aliphatic carbocycles. The molecule has 8 nitrogen and oxygen atoms in total. The average molecular weight is 455 g/mol. The van der Waals surface area contributed by atoms with Crippen LogP contribution in [0.15, 0.2) is 18.5 Å². The molecule has 0 atom stereocenters. The zero-order valence-corrected chi connectivity index (χ0v) is 20.0. The number of nitrogens with one attached hydrogen (secondary N) is 2. The van der Waals surface area contributed by atoms with Gasteiger partial charge in [0, 0.05) is 43.2 Å². The predicted molar refractivity (Wildman–Crippen MR) is 132 cm³/mol. The van der Waals surface area contributed by atoms with Crippen LogP contribution in [0.3, 0.4) is 0 Å². The van der Waals surface area contributed by atoms with E-state index in [0.29, 0.717) is 5.95 Å². The summed E-state index contributed by atoms with van der Waals surface area (Å²) in [6.07, 6.45) is 11.8. The highest BCUT2D eigenvalue weighted by molar-refractivity contribution is 5.74. The molecule has 1 saturated carbocycles. The van der Waals surface area contributed by atoms with Crippen molar-refractivity contribution in [3.05, 3.63) is 24.0 Å². The summed E-state index contributed by atoms with van der Waals surface area (Å²) in [6.45, 7) is 6.15. The normalized spacial score (nSPS) is 21.2. The maximum Gasteiger partial charge on any atom is 0.224 e. The Morgan fingerprint density at radius 3 is 2.64 bits per heavy atom. The molecular formula is C25H38N6O2. The Morgan fingerprint density at radius 1 is 1.12 bits per heavy atom. The first kappa shape index (κ1) is 23.7. The number of aromatic nitrogens is 3. The van der Waals surface area contributed by atoms with Crippen LogP contribution in [0.1, 0.15) is 63.9 Å². The van der Waals surface area contributed by atoms with Gasteiger partial charge in [-0.25, -0.2) is 4.98 Å². The van der Waals surface area contributed by atoms with Crippen LogP contribution in [-0.2, 0) is 6.54 Å². The highest BCUT2D eigenvalue weighted by Gasteiger charge is 2.22. The fourth-order valence-corrected chi connectivity index (χ4v) is 4.66. The number of nitrogens with zero attached hydrogens (tertiary/aromatic N) is 4. The van der Waals surface area contributed by atoms with Gasteiger partial charge in [-0.1, -0.05) is 13.3 Å². The van der Waals surface area contributed by atoms with Crippen LogP contribution in [0.2, 0.25) is 0 Å². The number of rotatable bonds is 10. The highest BCUT2D eigenvalue weighted by atomic mass is 16.5. The molecule has 3 heterocycles. The van der Waals surface area contributed by atoms with Gasteiger partial charge in [0.2, 0.25) is 5.95 Å². The van der Waals surface area contributed by atoms with Crippen molar-refractivity contribution in [1.29, 1.82) is 0 Å². The van der Waals surface area contributed by atoms with E-state index in [9.17, 15) is 5.11 Å². The quantitative estimate of drug-likeness (QED) is 0.463. The highest BCUT2D eigenvalue weighted by Crippen LogP contribution is 2.32. The first-order chi connectivity index (χ1) is 16.2. The van der Waals surface area contributed by atoms with Crippen LogP contribution >= 0.6 is 0 Å². The molecule has 180 valence electrons. The molecule has 2 aromatic heterocycles. The summed E-state index contributed by atoms with van der Waals surface area (Å²) in [6, 6.07) is 2.28. The summed E-state index contributed by atoms with van der Waals surface area (Å²) in [5.41, 5.74) is 2.78. The Labute approximate surface area is 197 Å². The summed E-state index contributed by atoms with van der Waals surface area (Å²) >= 11 is 0. The molecule has 1 aliphatic heterocycles. The Hall–Kier alpha value is -2.45. The lowest BCUT2D eigenvalue weighted by molar-refractivity contribution is 0.126. The van der Waals surface area contributed by atoms with E-state index in [0.717, 1.165) is 93.1 Å². The zero-order valence-electron chi connectivity index (χ0n) is 20.0. The monoisotopic (exact) mass is 454 g/mol. The van der Waals surface area contributed by atoms with Gasteiger partial charge in [0.05, 0.1) is 24.5 Å². The van der Waals surface area contributed by atoms with E-state index in [2.05, 4.69) is 27.4 Å². The van der Waals surface area contributed by atoms with E-state index in [1.807, 2.05) is 18.5 Å². The number of unbranched alkanes of at least 4 members (excludes halogenated alkanes) is 1. The molecule has 0 aromatic carbocycles. The van der Waals surface area contributed by atoms with Crippen molar-refractivity contribution in [2.45, 2.75) is 77.0 Å². The van der Waals surface area contributed by atoms with Crippen LogP contribution in [0.4, 0.5) is 11.8 Å². The molecular weight excluding hydrogens is 416 g/mol. The number of hydrogen-bond acceptors (Lipinski definition) is 8. The fraction of sp³-hybridized carbons (Fsp3) is 0.640. The summed E-state index contributed by atoms with van der Waals surface area (Å²) < 4.78 is 5.74. The van der Waals surface area contributed by atoms with Crippen molar-refractivity contribution < 1.29 is 9.84 Å². The lowest BCUT2D eigenvalue weighted by atomic mass is 9.93. The standard InChI is InChI=1S/C25H38N6O2/c1-3-4-11-26-25-28-16-21(24(30-25)29-19-7-9-20(32)10-8-19)22-14-23(33-2)18(15-27-22)17-31-12-5-6-13-31/h14-16,19-20,32H,3-13,17H2,1-2H3,(H2,26,28,29,30)/t19-,20-. The molecule has 1 saturated heterocycles. The van der Waals surface area contributed by atoms with Gasteiger partial charge in [0.1, 0.15) is 11.6 Å². The van der Waals surface area contributed by atoms with E-state index in [-0.39, 0.29) is 12.1 Å². The molecule has 33 heavy (non-hydrogen) atoms. The maximum atomic E-state index is 9.89. The Bertz CT molecular complexity index is 894. The molecule has 0 spiro atoms. The molecule has 2 fully saturated rings. The number of aliphatic hydroxyl groups excluding tert-OH is 1. The minimum absolute atomic E-state index is 0.187. The SMILES string of the molecule is CCCCNc1ncc(-c2cc(OC)c(CN3CCCC3)cn2)c(N[C@H]2CC[C@H](O)CC2)n1. The summed E-state index contributed by atoms with van der Waals surface area (Å²) in [4.78, 5) is 16.6. The third-order valence-electron chi connectivity index (χ3n) is 6.67. The molecule has 2 aliphatic rings. The first-order valence-corrected chi connectivity index (χ1v) is 12.5. The van der Waals surface area contributed by atoms with Crippen molar-refractivity contribution in [3.8, 4) is 17.0 Å². The van der Waals surface area contributed by atoms with Gasteiger partial charge >= 0.3 is 0 Å². The number of pyridine rings is 1. The minimum atomic E-state index is -0.187. The fourth-order valence-electron chi connectivity index (χ4n) is 4.66. The summed E-state index contributed by atoms with van der Waals surface area (Å²) in [5.74, 6) is 2.26. The van der Waals surface area contributed by atoms with Gasteiger partial charge in [-0.05, 0) is 58.0 Å². The predicted octanol–water partition coefficient (Wildman–Crippen LogP) is 4.07. The molecule has 3 N–H and O–H groups in total. The van der Waals surface area contributed by atoms with Crippen molar-refractivity contribution in [2.75, 3.05) is 37.4 Å². The molecule has 0 radical (unpaired) electrons. The third kappa shape index (κ3) is 6.32. The van der Waals surface area contributed by atoms with E-state index < -0.39 is 0 Å². The van der Waals surface area contributed by atoms with Crippen LogP contribution < -0.4 is 15.4 Å². The molecule has 2 aromatic rings. The van der Waals surface area contributed by atoms with Crippen molar-refractivity contribution >= 4 is 11.8 Å². The van der Waals surface area contributed by atoms with Crippen molar-refractivity contribution in [1.82, 2.24) is 19.9 Å². The number of anilines is 2. The van der Waals surface area contributed by atoms with E-state index in [1.54, 1.807) is 7.11 Å². The minimum Gasteiger partial charge on any atom is -0.496 e. The molecule has 8 heteroatoms. The van der Waals surface area contributed by atoms with Gasteiger partial charge in [-0.3, -0.25) is 9.88 Å². The van der Waals surface area contributed by atoms with E-state index in [4.69, 9.17) is 14.7 Å². The number of methoxy groups -OCH3 is 1. The number of hydrogen-bond donors (Lipinski definition) is 3. The first-order valence-electron chi connectivity index (χ1n) is 12.5. The molecule has 4 rings (SSSR count). The average Bonchev–Trinajstić information content (AvgIpc) is 3.34. The third-order valence-corrected chi connectivity index (χ3v) is 6.67. The smallest absolute Gasteiger partial charge is 0.224 e. The Kier molecular flexibility index (Phi) is 8.34. The van der Waals surface area contributed by atoms with Crippen LogP contribution in [0, 0.1) is 0 Å². The molecule has 0 amide bonds.